The molecule has 1 saturated heterocycles. The SMILES string of the molecule is OCC1c2ccccc2CCN1c1nc(-c2cccc(O)c2)nc(N2CCN(C3CCCCC3)CC2)n1. The van der Waals surface area contributed by atoms with E-state index in [1.54, 1.807) is 12.1 Å². The van der Waals surface area contributed by atoms with Crippen LogP contribution in [0.2, 0.25) is 0 Å². The van der Waals surface area contributed by atoms with Gasteiger partial charge in [-0.1, -0.05) is 55.7 Å². The monoisotopic (exact) mass is 500 g/mol. The van der Waals surface area contributed by atoms with Gasteiger partial charge in [-0.25, -0.2) is 0 Å². The van der Waals surface area contributed by atoms with Gasteiger partial charge < -0.3 is 20.0 Å². The highest BCUT2D eigenvalue weighted by Gasteiger charge is 2.31. The van der Waals surface area contributed by atoms with Gasteiger partial charge >= 0.3 is 0 Å². The Kier molecular flexibility index (Phi) is 6.93. The molecule has 37 heavy (non-hydrogen) atoms. The lowest BCUT2D eigenvalue weighted by molar-refractivity contribution is 0.147. The first-order valence-corrected chi connectivity index (χ1v) is 13.7. The molecular weight excluding hydrogens is 464 g/mol. The van der Waals surface area contributed by atoms with Crippen molar-refractivity contribution < 1.29 is 10.2 Å². The van der Waals surface area contributed by atoms with E-state index in [2.05, 4.69) is 32.9 Å². The molecule has 0 bridgehead atoms. The topological polar surface area (TPSA) is 88.8 Å². The number of nitrogens with zero attached hydrogens (tertiary/aromatic N) is 6. The summed E-state index contributed by atoms with van der Waals surface area (Å²) in [5.74, 6) is 1.97. The predicted molar refractivity (Wildman–Crippen MR) is 145 cm³/mol. The van der Waals surface area contributed by atoms with Gasteiger partial charge in [0.2, 0.25) is 11.9 Å². The molecule has 0 amide bonds. The molecule has 0 spiro atoms. The van der Waals surface area contributed by atoms with Crippen LogP contribution in [0.25, 0.3) is 11.4 Å². The first-order chi connectivity index (χ1) is 18.2. The van der Waals surface area contributed by atoms with E-state index in [0.29, 0.717) is 23.8 Å². The molecule has 6 rings (SSSR count). The molecule has 1 aromatic heterocycles. The number of aliphatic hydroxyl groups excluding tert-OH is 1. The molecule has 2 aromatic carbocycles. The third-order valence-electron chi connectivity index (χ3n) is 8.25. The first-order valence-electron chi connectivity index (χ1n) is 13.7. The van der Waals surface area contributed by atoms with Gasteiger partial charge in [-0.05, 0) is 42.5 Å². The standard InChI is InChI=1S/C29H36N6O2/c36-20-26-25-12-5-4-7-21(25)13-14-35(26)29-31-27(22-8-6-11-24(37)19-22)30-28(32-29)34-17-15-33(16-18-34)23-9-2-1-3-10-23/h4-8,11-12,19,23,26,36-37H,1-3,9-10,13-18,20H2. The largest absolute Gasteiger partial charge is 0.508 e. The Hall–Kier alpha value is -3.23. The van der Waals surface area contributed by atoms with Crippen LogP contribution < -0.4 is 9.80 Å². The Labute approximate surface area is 218 Å². The molecule has 2 fully saturated rings. The Morgan fingerprint density at radius 3 is 2.38 bits per heavy atom. The van der Waals surface area contributed by atoms with Crippen LogP contribution in [-0.4, -0.2) is 75.4 Å². The van der Waals surface area contributed by atoms with E-state index in [1.165, 1.54) is 37.7 Å². The predicted octanol–water partition coefficient (Wildman–Crippen LogP) is 3.80. The summed E-state index contributed by atoms with van der Waals surface area (Å²) < 4.78 is 0. The fourth-order valence-electron chi connectivity index (χ4n) is 6.22. The van der Waals surface area contributed by atoms with E-state index in [9.17, 15) is 10.2 Å². The van der Waals surface area contributed by atoms with Crippen LogP contribution in [0.5, 0.6) is 5.75 Å². The number of phenolic OH excluding ortho intramolecular Hbond substituents is 1. The quantitative estimate of drug-likeness (QED) is 0.547. The van der Waals surface area contributed by atoms with Crippen LogP contribution in [-0.2, 0) is 6.42 Å². The number of piperazine rings is 1. The van der Waals surface area contributed by atoms with Crippen molar-refractivity contribution in [2.75, 3.05) is 49.1 Å². The maximum absolute atomic E-state index is 10.4. The van der Waals surface area contributed by atoms with Crippen molar-refractivity contribution in [1.82, 2.24) is 19.9 Å². The Balaban J connectivity index is 1.32. The van der Waals surface area contributed by atoms with E-state index >= 15 is 0 Å². The van der Waals surface area contributed by atoms with Gasteiger partial charge in [0, 0.05) is 44.3 Å². The number of benzene rings is 2. The van der Waals surface area contributed by atoms with Gasteiger partial charge in [0.25, 0.3) is 0 Å². The van der Waals surface area contributed by atoms with Crippen molar-refractivity contribution in [2.45, 2.75) is 50.6 Å². The Morgan fingerprint density at radius 2 is 1.59 bits per heavy atom. The van der Waals surface area contributed by atoms with Crippen molar-refractivity contribution in [2.24, 2.45) is 0 Å². The molecular formula is C29H36N6O2. The average Bonchev–Trinajstić information content (AvgIpc) is 2.97. The third-order valence-corrected chi connectivity index (χ3v) is 8.25. The minimum absolute atomic E-state index is 0.0143. The average molecular weight is 501 g/mol. The van der Waals surface area contributed by atoms with Gasteiger partial charge in [0.05, 0.1) is 12.6 Å². The number of hydrogen-bond acceptors (Lipinski definition) is 8. The van der Waals surface area contributed by atoms with Crippen LogP contribution in [0, 0.1) is 0 Å². The highest BCUT2D eigenvalue weighted by Crippen LogP contribution is 2.34. The molecule has 194 valence electrons. The smallest absolute Gasteiger partial charge is 0.231 e. The van der Waals surface area contributed by atoms with E-state index in [4.69, 9.17) is 15.0 Å². The summed E-state index contributed by atoms with van der Waals surface area (Å²) in [4.78, 5) is 21.7. The molecule has 1 saturated carbocycles. The minimum Gasteiger partial charge on any atom is -0.508 e. The van der Waals surface area contributed by atoms with Crippen molar-refractivity contribution in [3.63, 3.8) is 0 Å². The Morgan fingerprint density at radius 1 is 0.811 bits per heavy atom. The lowest BCUT2D eigenvalue weighted by Gasteiger charge is -2.41. The van der Waals surface area contributed by atoms with Gasteiger partial charge in [-0.15, -0.1) is 0 Å². The van der Waals surface area contributed by atoms with E-state index in [-0.39, 0.29) is 18.4 Å². The highest BCUT2D eigenvalue weighted by atomic mass is 16.3. The van der Waals surface area contributed by atoms with Crippen LogP contribution in [0.15, 0.2) is 48.5 Å². The number of aromatic hydroxyl groups is 1. The number of rotatable bonds is 5. The molecule has 8 heteroatoms. The van der Waals surface area contributed by atoms with Crippen molar-refractivity contribution in [1.29, 1.82) is 0 Å². The number of aliphatic hydroxyl groups is 1. The number of phenols is 1. The van der Waals surface area contributed by atoms with Crippen molar-refractivity contribution in [3.8, 4) is 17.1 Å². The molecule has 1 aliphatic carbocycles. The number of fused-ring (bicyclic) bond motifs is 1. The molecule has 2 aliphatic heterocycles. The molecule has 0 radical (unpaired) electrons. The van der Waals surface area contributed by atoms with Crippen LogP contribution in [0.1, 0.15) is 49.3 Å². The summed E-state index contributed by atoms with van der Waals surface area (Å²) in [6.45, 7) is 4.50. The molecule has 1 unspecified atom stereocenters. The normalized spacial score (nSPS) is 21.2. The molecule has 1 atom stereocenters. The fraction of sp³-hybridized carbons (Fsp3) is 0.483. The fourth-order valence-corrected chi connectivity index (χ4v) is 6.22. The second-order valence-corrected chi connectivity index (χ2v) is 10.5. The first kappa shape index (κ1) is 24.1. The summed E-state index contributed by atoms with van der Waals surface area (Å²) in [5, 5.41) is 20.5. The van der Waals surface area contributed by atoms with Crippen molar-refractivity contribution >= 4 is 11.9 Å². The zero-order chi connectivity index (χ0) is 25.2. The van der Waals surface area contributed by atoms with Crippen LogP contribution >= 0.6 is 0 Å². The number of aromatic nitrogens is 3. The van der Waals surface area contributed by atoms with E-state index < -0.39 is 0 Å². The number of hydrogen-bond donors (Lipinski definition) is 2. The lowest BCUT2D eigenvalue weighted by Crippen LogP contribution is -2.51. The molecule has 3 aliphatic rings. The van der Waals surface area contributed by atoms with E-state index in [0.717, 1.165) is 50.3 Å². The molecule has 8 nitrogen and oxygen atoms in total. The minimum atomic E-state index is -0.208. The van der Waals surface area contributed by atoms with Gasteiger partial charge in [0.1, 0.15) is 5.75 Å². The Bertz CT molecular complexity index is 1220. The van der Waals surface area contributed by atoms with Gasteiger partial charge in [-0.2, -0.15) is 15.0 Å². The summed E-state index contributed by atoms with van der Waals surface area (Å²) >= 11 is 0. The molecule has 3 heterocycles. The van der Waals surface area contributed by atoms with E-state index in [1.807, 2.05) is 18.2 Å². The second-order valence-electron chi connectivity index (χ2n) is 10.5. The lowest BCUT2D eigenvalue weighted by atomic mass is 9.93. The summed E-state index contributed by atoms with van der Waals surface area (Å²) in [6, 6.07) is 15.9. The van der Waals surface area contributed by atoms with Gasteiger partial charge in [-0.3, -0.25) is 4.90 Å². The molecule has 2 N–H and O–H groups in total. The van der Waals surface area contributed by atoms with Crippen LogP contribution in [0.4, 0.5) is 11.9 Å². The molecule has 3 aromatic rings. The zero-order valence-electron chi connectivity index (χ0n) is 21.3. The summed E-state index contributed by atoms with van der Waals surface area (Å²) in [7, 11) is 0. The van der Waals surface area contributed by atoms with Crippen LogP contribution in [0.3, 0.4) is 0 Å². The maximum Gasteiger partial charge on any atom is 0.231 e. The zero-order valence-corrected chi connectivity index (χ0v) is 21.3. The summed E-state index contributed by atoms with van der Waals surface area (Å²) in [5.41, 5.74) is 3.14. The highest BCUT2D eigenvalue weighted by molar-refractivity contribution is 5.61. The number of anilines is 2. The summed E-state index contributed by atoms with van der Waals surface area (Å²) in [6.07, 6.45) is 7.57. The van der Waals surface area contributed by atoms with Gasteiger partial charge in [0.15, 0.2) is 5.82 Å². The van der Waals surface area contributed by atoms with Crippen molar-refractivity contribution in [3.05, 3.63) is 59.7 Å². The second kappa shape index (κ2) is 10.6. The maximum atomic E-state index is 10.4. The third kappa shape index (κ3) is 5.00.